The number of hydrogen-bond donors (Lipinski definition) is 0. The Morgan fingerprint density at radius 1 is 1.00 bits per heavy atom. The Bertz CT molecular complexity index is 10.3. The van der Waals surface area contributed by atoms with Crippen LogP contribution in [0.3, 0.4) is 0 Å². The van der Waals surface area contributed by atoms with E-state index in [2.05, 4.69) is 20.8 Å². The van der Waals surface area contributed by atoms with Gasteiger partial charge in [0.15, 0.2) is 0 Å². The van der Waals surface area contributed by atoms with Crippen LogP contribution in [0.2, 0.25) is 0 Å². The maximum absolute atomic E-state index is 2.08. The summed E-state index contributed by atoms with van der Waals surface area (Å²) in [6.45, 7) is 6.25. The molecule has 0 nitrogen and oxygen atoms in total. The molecule has 0 heterocycles. The van der Waals surface area contributed by atoms with Crippen LogP contribution in [0.4, 0.5) is 0 Å². The van der Waals surface area contributed by atoms with Gasteiger partial charge in [-0.3, -0.25) is 0 Å². The molecule has 6 heavy (non-hydrogen) atoms. The van der Waals surface area contributed by atoms with Gasteiger partial charge in [-0.1, -0.05) is 0 Å². The average molecular weight is 135 g/mol. The molecule has 0 rings (SSSR count). The van der Waals surface area contributed by atoms with Gasteiger partial charge in [-0.05, 0) is 0 Å². The second kappa shape index (κ2) is 11.1. The third-order valence-corrected chi connectivity index (χ3v) is 0. The van der Waals surface area contributed by atoms with Gasteiger partial charge in [0.25, 0.3) is 0 Å². The minimum Gasteiger partial charge on any atom is -0.323 e. The van der Waals surface area contributed by atoms with E-state index in [4.69, 9.17) is 0 Å². The fourth-order valence-corrected chi connectivity index (χ4v) is 0. The maximum Gasteiger partial charge on any atom is 1.00 e. The maximum atomic E-state index is 2.08. The van der Waals surface area contributed by atoms with E-state index in [1.165, 1.54) is 5.92 Å². The van der Waals surface area contributed by atoms with E-state index in [0.29, 0.717) is 0 Å². The summed E-state index contributed by atoms with van der Waals surface area (Å²) in [5.41, 5.74) is 0. The minimum absolute atomic E-state index is 0. The third kappa shape index (κ3) is 26.7. The van der Waals surface area contributed by atoms with Crippen molar-refractivity contribution in [3.05, 3.63) is 5.92 Å². The Morgan fingerprint density at radius 2 is 1.00 bits per heavy atom. The summed E-state index contributed by atoms with van der Waals surface area (Å²) in [7, 11) is 0. The van der Waals surface area contributed by atoms with Crippen LogP contribution >= 0.6 is 0 Å². The molecule has 0 saturated heterocycles. The summed E-state index contributed by atoms with van der Waals surface area (Å²) < 4.78 is 0. The van der Waals surface area contributed by atoms with Gasteiger partial charge in [-0.15, -0.1) is 0 Å². The van der Waals surface area contributed by atoms with Crippen molar-refractivity contribution >= 4 is 51.4 Å². The van der Waals surface area contributed by atoms with Crippen LogP contribution in [0.25, 0.3) is 0 Å². The normalized spacial score (nSPS) is 6.00. The SMILES string of the molecule is C[C-](C)C.[K+].[K]. The van der Waals surface area contributed by atoms with Crippen molar-refractivity contribution in [1.29, 1.82) is 0 Å². The van der Waals surface area contributed by atoms with Crippen molar-refractivity contribution in [2.45, 2.75) is 20.8 Å². The molecule has 0 aliphatic carbocycles. The van der Waals surface area contributed by atoms with Gasteiger partial charge >= 0.3 is 51.4 Å². The molecule has 2 heteroatoms. The zero-order valence-corrected chi connectivity index (χ0v) is 11.7. The topological polar surface area (TPSA) is 0 Å². The van der Waals surface area contributed by atoms with E-state index in [9.17, 15) is 0 Å². The largest absolute Gasteiger partial charge is 1.00 e. The molecule has 0 aliphatic heterocycles. The molecule has 0 spiro atoms. The van der Waals surface area contributed by atoms with E-state index in [1.54, 1.807) is 0 Å². The van der Waals surface area contributed by atoms with Crippen LogP contribution in [0.15, 0.2) is 0 Å². The predicted octanol–water partition coefficient (Wildman–Crippen LogP) is -1.76. The second-order valence-electron chi connectivity index (χ2n) is 1.50. The van der Waals surface area contributed by atoms with Crippen LogP contribution < -0.4 is 51.4 Å². The van der Waals surface area contributed by atoms with Crippen molar-refractivity contribution in [3.8, 4) is 0 Å². The minimum atomic E-state index is 0. The van der Waals surface area contributed by atoms with Crippen LogP contribution in [-0.2, 0) is 0 Å². The smallest absolute Gasteiger partial charge is 0.323 e. The Hall–Kier alpha value is 3.27. The first-order valence-electron chi connectivity index (χ1n) is 1.50. The van der Waals surface area contributed by atoms with Gasteiger partial charge in [-0.25, -0.2) is 0 Å². The summed E-state index contributed by atoms with van der Waals surface area (Å²) in [6, 6.07) is 0. The van der Waals surface area contributed by atoms with Crippen molar-refractivity contribution < 1.29 is 51.4 Å². The first kappa shape index (κ1) is 16.1. The number of rotatable bonds is 0. The van der Waals surface area contributed by atoms with E-state index >= 15 is 0 Å². The van der Waals surface area contributed by atoms with Crippen molar-refractivity contribution in [2.24, 2.45) is 0 Å². The Morgan fingerprint density at radius 3 is 1.00 bits per heavy atom. The van der Waals surface area contributed by atoms with E-state index < -0.39 is 0 Å². The van der Waals surface area contributed by atoms with Crippen molar-refractivity contribution in [1.82, 2.24) is 0 Å². The van der Waals surface area contributed by atoms with Gasteiger partial charge in [-0.2, -0.15) is 20.8 Å². The van der Waals surface area contributed by atoms with Crippen molar-refractivity contribution in [3.63, 3.8) is 0 Å². The zero-order valence-electron chi connectivity index (χ0n) is 5.50. The number of hydrogen-bond acceptors (Lipinski definition) is 0. The average Bonchev–Trinajstić information content (AvgIpc) is 0.811. The fraction of sp³-hybridized carbons (Fsp3) is 0.750. The molecule has 0 fully saturated rings. The van der Waals surface area contributed by atoms with Crippen LogP contribution in [-0.4, -0.2) is 51.4 Å². The van der Waals surface area contributed by atoms with Gasteiger partial charge in [0.1, 0.15) is 0 Å². The van der Waals surface area contributed by atoms with Crippen molar-refractivity contribution in [2.75, 3.05) is 0 Å². The molecule has 0 bridgehead atoms. The van der Waals surface area contributed by atoms with E-state index in [-0.39, 0.29) is 103 Å². The zero-order chi connectivity index (χ0) is 3.58. The monoisotopic (exact) mass is 135 g/mol. The van der Waals surface area contributed by atoms with E-state index in [1.807, 2.05) is 0 Å². The van der Waals surface area contributed by atoms with Crippen LogP contribution in [0, 0.1) is 5.92 Å². The molecule has 0 N–H and O–H groups in total. The van der Waals surface area contributed by atoms with Crippen LogP contribution in [0.1, 0.15) is 20.8 Å². The Labute approximate surface area is 126 Å². The van der Waals surface area contributed by atoms with E-state index in [0.717, 1.165) is 0 Å². The summed E-state index contributed by atoms with van der Waals surface area (Å²) in [5, 5.41) is 0. The molecule has 0 unspecified atom stereocenters. The van der Waals surface area contributed by atoms with Crippen LogP contribution in [0.5, 0.6) is 0 Å². The summed E-state index contributed by atoms with van der Waals surface area (Å²) in [4.78, 5) is 0. The molecule has 0 atom stereocenters. The molecular weight excluding hydrogens is 126 g/mol. The molecule has 0 aliphatic rings. The van der Waals surface area contributed by atoms with Gasteiger partial charge in [0.05, 0.1) is 0 Å². The Balaban J connectivity index is -0.0000000450. The molecule has 0 aromatic heterocycles. The molecule has 0 aromatic carbocycles. The molecule has 0 saturated carbocycles. The van der Waals surface area contributed by atoms with Gasteiger partial charge < -0.3 is 5.92 Å². The standard InChI is InChI=1S/C4H9.2K/c1-4(2)3;;/h1-3H3;;/q-1;;+1. The summed E-state index contributed by atoms with van der Waals surface area (Å²) in [6.07, 6.45) is 0. The quantitative estimate of drug-likeness (QED) is 0.273. The van der Waals surface area contributed by atoms with Gasteiger partial charge in [0.2, 0.25) is 0 Å². The molecule has 0 amide bonds. The summed E-state index contributed by atoms with van der Waals surface area (Å²) >= 11 is 0. The Kier molecular flexibility index (Phi) is 29.9. The fourth-order valence-electron chi connectivity index (χ4n) is 0. The summed E-state index contributed by atoms with van der Waals surface area (Å²) in [5.74, 6) is 1.42. The molecule has 1 radical (unpaired) electrons. The first-order valence-corrected chi connectivity index (χ1v) is 1.50. The first-order chi connectivity index (χ1) is 1.73. The third-order valence-electron chi connectivity index (χ3n) is 0. The van der Waals surface area contributed by atoms with Gasteiger partial charge in [0, 0.05) is 51.4 Å². The second-order valence-corrected chi connectivity index (χ2v) is 1.50. The molecule has 0 aromatic rings. The molecular formula is C4H9K2. The predicted molar refractivity (Wildman–Crippen MR) is 26.0 cm³/mol. The molecule has 27 valence electrons.